The molecule has 0 atom stereocenters. The van der Waals surface area contributed by atoms with Crippen LogP contribution in [-0.4, -0.2) is 7.85 Å². The van der Waals surface area contributed by atoms with Gasteiger partial charge in [-0.3, -0.25) is 0 Å². The number of hydrogen-bond donors (Lipinski definition) is 0. The van der Waals surface area contributed by atoms with Crippen LogP contribution < -0.4 is 0 Å². The van der Waals surface area contributed by atoms with Gasteiger partial charge in [-0.1, -0.05) is 85.2 Å². The van der Waals surface area contributed by atoms with E-state index in [2.05, 4.69) is 81.2 Å². The zero-order valence-corrected chi connectivity index (χ0v) is 13.2. The number of rotatable bonds is 5. The standard InChI is InChI=1S/C21H21B/c1-16(15-22)19-14-13-18(20-9-5-6-10-21(19)20)12-11-17-7-3-2-4-8-17/h2-10,13-14H,1,11-12,15,22H2. The Balaban J connectivity index is 1.96. The van der Waals surface area contributed by atoms with Gasteiger partial charge in [-0.05, 0) is 40.3 Å². The van der Waals surface area contributed by atoms with Crippen LogP contribution in [0.25, 0.3) is 16.3 Å². The summed E-state index contributed by atoms with van der Waals surface area (Å²) in [6, 6.07) is 23.9. The van der Waals surface area contributed by atoms with Crippen LogP contribution in [0.4, 0.5) is 0 Å². The van der Waals surface area contributed by atoms with Gasteiger partial charge in [0.15, 0.2) is 0 Å². The maximum Gasteiger partial charge on any atom is 0.107 e. The highest BCUT2D eigenvalue weighted by Gasteiger charge is 2.07. The second kappa shape index (κ2) is 6.66. The van der Waals surface area contributed by atoms with Gasteiger partial charge in [-0.25, -0.2) is 0 Å². The maximum atomic E-state index is 4.22. The van der Waals surface area contributed by atoms with E-state index in [4.69, 9.17) is 0 Å². The zero-order valence-electron chi connectivity index (χ0n) is 13.2. The van der Waals surface area contributed by atoms with Gasteiger partial charge < -0.3 is 0 Å². The molecule has 1 heteroatoms. The Labute approximate surface area is 133 Å². The molecular formula is C21H21B. The summed E-state index contributed by atoms with van der Waals surface area (Å²) < 4.78 is 0. The van der Waals surface area contributed by atoms with Crippen molar-refractivity contribution in [3.05, 3.63) is 90.0 Å². The van der Waals surface area contributed by atoms with E-state index in [0.717, 1.165) is 19.2 Å². The summed E-state index contributed by atoms with van der Waals surface area (Å²) >= 11 is 0. The van der Waals surface area contributed by atoms with E-state index in [0.29, 0.717) is 0 Å². The molecule has 0 bridgehead atoms. The largest absolute Gasteiger partial charge is 0.107 e. The normalized spacial score (nSPS) is 10.7. The van der Waals surface area contributed by atoms with E-state index in [-0.39, 0.29) is 0 Å². The van der Waals surface area contributed by atoms with Gasteiger partial charge in [-0.2, -0.15) is 0 Å². The van der Waals surface area contributed by atoms with E-state index in [1.807, 2.05) is 0 Å². The molecule has 0 aliphatic rings. The first-order chi connectivity index (χ1) is 10.8. The molecule has 0 aliphatic carbocycles. The lowest BCUT2D eigenvalue weighted by Gasteiger charge is -2.12. The summed E-state index contributed by atoms with van der Waals surface area (Å²) in [5, 5.41) is 2.70. The molecule has 3 aromatic rings. The second-order valence-corrected chi connectivity index (χ2v) is 5.76. The molecule has 0 unspecified atom stereocenters. The Morgan fingerprint density at radius 3 is 2.18 bits per heavy atom. The highest BCUT2D eigenvalue weighted by atomic mass is 14.1. The van der Waals surface area contributed by atoms with Gasteiger partial charge in [0.05, 0.1) is 0 Å². The van der Waals surface area contributed by atoms with Gasteiger partial charge >= 0.3 is 0 Å². The second-order valence-electron chi connectivity index (χ2n) is 5.76. The summed E-state index contributed by atoms with van der Waals surface area (Å²) in [5.41, 5.74) is 5.33. The van der Waals surface area contributed by atoms with Crippen molar-refractivity contribution in [3.8, 4) is 0 Å². The Morgan fingerprint density at radius 1 is 0.773 bits per heavy atom. The van der Waals surface area contributed by atoms with Crippen molar-refractivity contribution in [2.24, 2.45) is 0 Å². The number of aryl methyl sites for hydroxylation is 2. The summed E-state index contributed by atoms with van der Waals surface area (Å²) in [4.78, 5) is 0. The fourth-order valence-electron chi connectivity index (χ4n) is 3.00. The maximum absolute atomic E-state index is 4.22. The van der Waals surface area contributed by atoms with Crippen LogP contribution in [0.1, 0.15) is 16.7 Å². The molecule has 0 amide bonds. The molecule has 0 saturated heterocycles. The first-order valence-corrected chi connectivity index (χ1v) is 8.02. The van der Waals surface area contributed by atoms with Crippen molar-refractivity contribution in [3.63, 3.8) is 0 Å². The minimum absolute atomic E-state index is 0.993. The fraction of sp³-hybridized carbons (Fsp3) is 0.143. The first-order valence-electron chi connectivity index (χ1n) is 8.02. The highest BCUT2D eigenvalue weighted by Crippen LogP contribution is 2.29. The molecule has 0 spiro atoms. The lowest BCUT2D eigenvalue weighted by Crippen LogP contribution is -1.95. The van der Waals surface area contributed by atoms with E-state index < -0.39 is 0 Å². The third-order valence-corrected chi connectivity index (χ3v) is 4.35. The van der Waals surface area contributed by atoms with Gasteiger partial charge in [-0.15, -0.1) is 0 Å². The average Bonchev–Trinajstić information content (AvgIpc) is 2.60. The molecule has 0 aromatic heterocycles. The minimum Gasteiger partial charge on any atom is -0.0959 e. The average molecular weight is 284 g/mol. The van der Waals surface area contributed by atoms with Crippen LogP contribution in [0.5, 0.6) is 0 Å². The van der Waals surface area contributed by atoms with Gasteiger partial charge in [0.1, 0.15) is 7.85 Å². The van der Waals surface area contributed by atoms with Gasteiger partial charge in [0.25, 0.3) is 0 Å². The summed E-state index contributed by atoms with van der Waals surface area (Å²) in [6.45, 7) is 4.22. The molecule has 3 rings (SSSR count). The quantitative estimate of drug-likeness (QED) is 0.596. The predicted molar refractivity (Wildman–Crippen MR) is 100 cm³/mol. The van der Waals surface area contributed by atoms with Crippen LogP contribution in [0.2, 0.25) is 6.32 Å². The Bertz CT molecular complexity index is 787. The van der Waals surface area contributed by atoms with Crippen molar-refractivity contribution in [2.45, 2.75) is 19.2 Å². The van der Waals surface area contributed by atoms with Gasteiger partial charge in [0.2, 0.25) is 0 Å². The number of fused-ring (bicyclic) bond motifs is 1. The van der Waals surface area contributed by atoms with Crippen LogP contribution >= 0.6 is 0 Å². The monoisotopic (exact) mass is 284 g/mol. The summed E-state index contributed by atoms with van der Waals surface area (Å²) in [7, 11) is 2.17. The van der Waals surface area contributed by atoms with E-state index >= 15 is 0 Å². The van der Waals surface area contributed by atoms with Crippen LogP contribution in [0.3, 0.4) is 0 Å². The SMILES string of the molecule is BCC(=C)c1ccc(CCc2ccccc2)c2ccccc12. The predicted octanol–water partition coefficient (Wildman–Crippen LogP) is 4.69. The molecule has 0 saturated carbocycles. The first kappa shape index (κ1) is 14.7. The lowest BCUT2D eigenvalue weighted by atomic mass is 9.88. The van der Waals surface area contributed by atoms with E-state index in [9.17, 15) is 0 Å². The smallest absolute Gasteiger partial charge is 0.0959 e. The lowest BCUT2D eigenvalue weighted by molar-refractivity contribution is 0.969. The van der Waals surface area contributed by atoms with Crippen molar-refractivity contribution >= 4 is 24.2 Å². The third kappa shape index (κ3) is 2.99. The molecule has 0 N–H and O–H groups in total. The Kier molecular flexibility index (Phi) is 4.43. The molecule has 0 nitrogen and oxygen atoms in total. The topological polar surface area (TPSA) is 0 Å². The van der Waals surface area contributed by atoms with Crippen LogP contribution in [0, 0.1) is 0 Å². The zero-order chi connectivity index (χ0) is 15.4. The fourth-order valence-corrected chi connectivity index (χ4v) is 3.00. The third-order valence-electron chi connectivity index (χ3n) is 4.35. The molecular weight excluding hydrogens is 263 g/mol. The molecule has 0 fully saturated rings. The van der Waals surface area contributed by atoms with E-state index in [1.165, 1.54) is 33.0 Å². The Morgan fingerprint density at radius 2 is 1.45 bits per heavy atom. The number of hydrogen-bond acceptors (Lipinski definition) is 0. The van der Waals surface area contributed by atoms with Crippen molar-refractivity contribution in [2.75, 3.05) is 0 Å². The molecule has 0 heterocycles. The summed E-state index contributed by atoms with van der Waals surface area (Å²) in [6.07, 6.45) is 3.15. The Hall–Kier alpha value is -2.28. The highest BCUT2D eigenvalue weighted by molar-refractivity contribution is 6.16. The minimum atomic E-state index is 0.993. The molecule has 0 radical (unpaired) electrons. The van der Waals surface area contributed by atoms with E-state index in [1.54, 1.807) is 0 Å². The van der Waals surface area contributed by atoms with Crippen LogP contribution in [0.15, 0.2) is 73.3 Å². The van der Waals surface area contributed by atoms with Crippen molar-refractivity contribution in [1.29, 1.82) is 0 Å². The molecule has 3 aromatic carbocycles. The molecule has 108 valence electrons. The van der Waals surface area contributed by atoms with Crippen molar-refractivity contribution < 1.29 is 0 Å². The van der Waals surface area contributed by atoms with Gasteiger partial charge in [0, 0.05) is 0 Å². The molecule has 0 aliphatic heterocycles. The summed E-state index contributed by atoms with van der Waals surface area (Å²) in [5.74, 6) is 0. The van der Waals surface area contributed by atoms with Crippen molar-refractivity contribution in [1.82, 2.24) is 0 Å². The molecule has 22 heavy (non-hydrogen) atoms. The number of allylic oxidation sites excluding steroid dienone is 1. The van der Waals surface area contributed by atoms with Crippen LogP contribution in [-0.2, 0) is 12.8 Å². The number of benzene rings is 3.